The summed E-state index contributed by atoms with van der Waals surface area (Å²) in [7, 11) is 2.23. The summed E-state index contributed by atoms with van der Waals surface area (Å²) in [5.41, 5.74) is 0. The van der Waals surface area contributed by atoms with Gasteiger partial charge in [0, 0.05) is 0 Å². The first kappa shape index (κ1) is 16.9. The zero-order chi connectivity index (χ0) is 17.0. The fourth-order valence-electron chi connectivity index (χ4n) is 3.71. The first-order valence-corrected chi connectivity index (χ1v) is 10.6. The molecule has 0 N–H and O–H groups in total. The van der Waals surface area contributed by atoms with E-state index >= 15 is 0 Å². The molecule has 0 aliphatic heterocycles. The molecule has 0 aliphatic carbocycles. The normalized spacial score (nSPS) is 13.7. The van der Waals surface area contributed by atoms with Crippen LogP contribution in [0, 0.1) is 0 Å². The Kier molecular flexibility index (Phi) is 5.14. The molecule has 2 heteroatoms. The van der Waals surface area contributed by atoms with E-state index in [0.717, 1.165) is 0 Å². The van der Waals surface area contributed by atoms with Crippen LogP contribution in [0.25, 0.3) is 0 Å². The Morgan fingerprint density at radius 2 is 0.875 bits per heavy atom. The fraction of sp³-hybridized carbons (Fsp3) is 0.182. The van der Waals surface area contributed by atoms with Gasteiger partial charge in [-0.2, -0.15) is 0 Å². The number of nitrogens with zero attached hydrogens (tertiary/aromatic N) is 1. The molecule has 1 atom stereocenters. The molecule has 0 radical (unpaired) electrons. The van der Waals surface area contributed by atoms with Gasteiger partial charge in [-0.15, -0.1) is 0 Å². The Labute approximate surface area is 146 Å². The van der Waals surface area contributed by atoms with Crippen LogP contribution in [0.5, 0.6) is 0 Å². The van der Waals surface area contributed by atoms with Crippen LogP contribution in [0.2, 0.25) is 0 Å². The van der Waals surface area contributed by atoms with Crippen LogP contribution in [-0.2, 0) is 0 Å². The second kappa shape index (κ2) is 7.30. The Morgan fingerprint density at radius 1 is 0.583 bits per heavy atom. The van der Waals surface area contributed by atoms with Gasteiger partial charge in [-0.05, 0) is 0 Å². The van der Waals surface area contributed by atoms with E-state index in [-0.39, 0.29) is 0 Å². The second-order valence-electron chi connectivity index (χ2n) is 6.55. The van der Waals surface area contributed by atoms with E-state index in [0.29, 0.717) is 5.78 Å². The van der Waals surface area contributed by atoms with Gasteiger partial charge in [-0.25, -0.2) is 0 Å². The molecule has 0 amide bonds. The van der Waals surface area contributed by atoms with Crippen molar-refractivity contribution < 1.29 is 0 Å². The van der Waals surface area contributed by atoms with Crippen molar-refractivity contribution >= 4 is 23.2 Å². The van der Waals surface area contributed by atoms with Crippen LogP contribution in [0.15, 0.2) is 91.0 Å². The van der Waals surface area contributed by atoms with E-state index in [1.807, 2.05) is 0 Å². The predicted molar refractivity (Wildman–Crippen MR) is 110 cm³/mol. The minimum atomic E-state index is -2.16. The fourth-order valence-corrected chi connectivity index (χ4v) is 9.09. The van der Waals surface area contributed by atoms with E-state index in [2.05, 4.69) is 117 Å². The number of benzene rings is 3. The Hall–Kier alpha value is -1.95. The van der Waals surface area contributed by atoms with E-state index in [1.54, 1.807) is 0 Å². The summed E-state index contributed by atoms with van der Waals surface area (Å²) in [4.78, 5) is 2.37. The summed E-state index contributed by atoms with van der Waals surface area (Å²) in [5, 5.41) is 4.39. The molecule has 1 nitrogen and oxygen atoms in total. The molecule has 3 aromatic rings. The van der Waals surface area contributed by atoms with Crippen LogP contribution in [0.3, 0.4) is 0 Å². The van der Waals surface area contributed by atoms with Crippen molar-refractivity contribution in [1.29, 1.82) is 0 Å². The SMILES string of the molecule is C[C@H](N(C)C)[PH](c1ccccc1)(c1ccccc1)c1ccccc1. The van der Waals surface area contributed by atoms with Crippen molar-refractivity contribution in [3.05, 3.63) is 91.0 Å². The van der Waals surface area contributed by atoms with Gasteiger partial charge in [-0.3, -0.25) is 0 Å². The molecule has 0 heterocycles. The first-order chi connectivity index (χ1) is 11.7. The molecular formula is C22H26NP. The van der Waals surface area contributed by atoms with E-state index in [4.69, 9.17) is 0 Å². The van der Waals surface area contributed by atoms with Gasteiger partial charge in [0.15, 0.2) is 0 Å². The van der Waals surface area contributed by atoms with Crippen LogP contribution in [0.4, 0.5) is 0 Å². The molecule has 0 fully saturated rings. The summed E-state index contributed by atoms with van der Waals surface area (Å²) in [5.74, 6) is 0.435. The Morgan fingerprint density at radius 3 is 1.12 bits per heavy atom. The number of hydrogen-bond donors (Lipinski definition) is 0. The monoisotopic (exact) mass is 335 g/mol. The van der Waals surface area contributed by atoms with Gasteiger partial charge in [0.05, 0.1) is 0 Å². The molecule has 0 saturated heterocycles. The summed E-state index contributed by atoms with van der Waals surface area (Å²) >= 11 is 0. The van der Waals surface area contributed by atoms with E-state index in [1.165, 1.54) is 15.9 Å². The molecule has 0 aliphatic rings. The topological polar surface area (TPSA) is 3.24 Å². The van der Waals surface area contributed by atoms with Gasteiger partial charge in [0.1, 0.15) is 0 Å². The molecule has 0 bridgehead atoms. The second-order valence-corrected chi connectivity index (χ2v) is 10.7. The molecule has 0 aromatic heterocycles. The standard InChI is InChI=1S/C22H26NP/c1-19(23(2)3)24(20-13-7-4-8-14-20,21-15-9-5-10-16-21)22-17-11-6-12-18-22/h4-19,24H,1-3H3/t19-/m1/s1. The van der Waals surface area contributed by atoms with Crippen molar-refractivity contribution in [3.63, 3.8) is 0 Å². The van der Waals surface area contributed by atoms with Gasteiger partial charge in [0.2, 0.25) is 0 Å². The third-order valence-electron chi connectivity index (χ3n) is 5.09. The van der Waals surface area contributed by atoms with Crippen LogP contribution in [-0.4, -0.2) is 24.8 Å². The van der Waals surface area contributed by atoms with Gasteiger partial charge in [-0.1, -0.05) is 0 Å². The van der Waals surface area contributed by atoms with Crippen molar-refractivity contribution in [2.75, 3.05) is 14.1 Å². The molecular weight excluding hydrogens is 309 g/mol. The van der Waals surface area contributed by atoms with Crippen molar-refractivity contribution in [2.24, 2.45) is 0 Å². The van der Waals surface area contributed by atoms with Crippen LogP contribution < -0.4 is 15.9 Å². The van der Waals surface area contributed by atoms with E-state index in [9.17, 15) is 0 Å². The average molecular weight is 335 g/mol. The first-order valence-electron chi connectivity index (χ1n) is 8.50. The zero-order valence-electron chi connectivity index (χ0n) is 14.7. The molecule has 3 rings (SSSR count). The van der Waals surface area contributed by atoms with Crippen molar-refractivity contribution in [3.8, 4) is 0 Å². The molecule has 0 saturated carbocycles. The number of rotatable bonds is 5. The van der Waals surface area contributed by atoms with Gasteiger partial charge < -0.3 is 0 Å². The van der Waals surface area contributed by atoms with Crippen molar-refractivity contribution in [1.82, 2.24) is 4.90 Å². The predicted octanol–water partition coefficient (Wildman–Crippen LogP) is 3.62. The Bertz CT molecular complexity index is 657. The maximum absolute atomic E-state index is 2.37. The Balaban J connectivity index is 2.37. The van der Waals surface area contributed by atoms with E-state index < -0.39 is 7.26 Å². The third-order valence-corrected chi connectivity index (χ3v) is 10.6. The van der Waals surface area contributed by atoms with Gasteiger partial charge >= 0.3 is 146 Å². The molecule has 124 valence electrons. The number of hydrogen-bond acceptors (Lipinski definition) is 1. The third kappa shape index (κ3) is 2.90. The summed E-state index contributed by atoms with van der Waals surface area (Å²) in [6.45, 7) is 2.37. The van der Waals surface area contributed by atoms with Gasteiger partial charge in [0.25, 0.3) is 0 Å². The van der Waals surface area contributed by atoms with Crippen molar-refractivity contribution in [2.45, 2.75) is 12.7 Å². The zero-order valence-corrected chi connectivity index (χ0v) is 15.7. The summed E-state index contributed by atoms with van der Waals surface area (Å²) < 4.78 is 0. The van der Waals surface area contributed by atoms with Crippen LogP contribution >= 0.6 is 7.26 Å². The summed E-state index contributed by atoms with van der Waals surface area (Å²) in [6, 6.07) is 33.2. The maximum atomic E-state index is 2.37. The molecule has 24 heavy (non-hydrogen) atoms. The molecule has 0 spiro atoms. The average Bonchev–Trinajstić information content (AvgIpc) is 2.65. The quantitative estimate of drug-likeness (QED) is 0.644. The summed E-state index contributed by atoms with van der Waals surface area (Å²) in [6.07, 6.45) is 0. The molecule has 3 aromatic carbocycles. The minimum absolute atomic E-state index is 0.435. The molecule has 0 unspecified atom stereocenters. The van der Waals surface area contributed by atoms with Crippen LogP contribution in [0.1, 0.15) is 6.92 Å².